The lowest BCUT2D eigenvalue weighted by Gasteiger charge is -2.18. The number of esters is 1. The molecule has 4 nitrogen and oxygen atoms in total. The minimum Gasteiger partial charge on any atom is -0.460 e. The summed E-state index contributed by atoms with van der Waals surface area (Å²) in [5, 5.41) is 3.64. The van der Waals surface area contributed by atoms with Gasteiger partial charge in [-0.25, -0.2) is 4.98 Å². The van der Waals surface area contributed by atoms with Crippen LogP contribution < -0.4 is 5.32 Å². The number of hydrogen-bond acceptors (Lipinski definition) is 4. The number of nitrogens with one attached hydrogen (secondary N) is 1. The Morgan fingerprint density at radius 3 is 2.50 bits per heavy atom. The van der Waals surface area contributed by atoms with Gasteiger partial charge < -0.3 is 10.1 Å². The van der Waals surface area contributed by atoms with Crippen molar-refractivity contribution in [2.45, 2.75) is 44.8 Å². The predicted molar refractivity (Wildman–Crippen MR) is 90.7 cm³/mol. The molecule has 0 bridgehead atoms. The van der Waals surface area contributed by atoms with Gasteiger partial charge >= 0.3 is 5.97 Å². The first-order valence-corrected chi connectivity index (χ1v) is 8.00. The van der Waals surface area contributed by atoms with Gasteiger partial charge in [-0.1, -0.05) is 48.9 Å². The average molecular weight is 368 g/mol. The first-order chi connectivity index (χ1) is 10.1. The van der Waals surface area contributed by atoms with Crippen LogP contribution in [0.25, 0.3) is 0 Å². The summed E-state index contributed by atoms with van der Waals surface area (Å²) in [4.78, 5) is 16.0. The maximum atomic E-state index is 12.1. The highest BCUT2D eigenvalue weighted by molar-refractivity contribution is 6.32. The van der Waals surface area contributed by atoms with E-state index in [1.807, 2.05) is 0 Å². The minimum absolute atomic E-state index is 0. The second-order valence-electron chi connectivity index (χ2n) is 5.46. The van der Waals surface area contributed by atoms with Gasteiger partial charge in [0.2, 0.25) is 0 Å². The third-order valence-electron chi connectivity index (χ3n) is 3.88. The highest BCUT2D eigenvalue weighted by Gasteiger charge is 2.25. The highest BCUT2D eigenvalue weighted by atomic mass is 35.5. The molecule has 1 saturated carbocycles. The molecular weight excluding hydrogens is 347 g/mol. The van der Waals surface area contributed by atoms with E-state index < -0.39 is 0 Å². The molecular formula is C15H21Cl3N2O2. The van der Waals surface area contributed by atoms with Crippen LogP contribution in [0.4, 0.5) is 0 Å². The molecule has 22 heavy (non-hydrogen) atoms. The van der Waals surface area contributed by atoms with Crippen LogP contribution in [0, 0.1) is 5.92 Å². The Morgan fingerprint density at radius 2 is 1.95 bits per heavy atom. The minimum atomic E-state index is -0.249. The number of pyridine rings is 1. The van der Waals surface area contributed by atoms with E-state index in [0.29, 0.717) is 16.2 Å². The summed E-state index contributed by atoms with van der Waals surface area (Å²) in [6, 6.07) is 3.04. The van der Waals surface area contributed by atoms with Crippen LogP contribution in [0.5, 0.6) is 0 Å². The molecule has 124 valence electrons. The number of carbonyl (C=O) groups excluding carboxylic acids is 1. The molecule has 0 unspecified atom stereocenters. The second-order valence-corrected chi connectivity index (χ2v) is 6.23. The van der Waals surface area contributed by atoms with Crippen molar-refractivity contribution in [3.8, 4) is 0 Å². The number of aromatic nitrogens is 1. The third-order valence-corrected chi connectivity index (χ3v) is 4.27. The fraction of sp³-hybridized carbons (Fsp3) is 0.600. The standard InChI is InChI=1S/C15H20Cl2N2O2.ClH/c1-18-12(6-10-4-2-3-5-10)15(20)21-9-11-7-13(16)19-14(17)8-11;/h7-8,10,12,18H,2-6,9H2,1H3;1H/t12-;/m0./s1. The summed E-state index contributed by atoms with van der Waals surface area (Å²) in [7, 11) is 1.79. The molecule has 0 saturated heterocycles. The highest BCUT2D eigenvalue weighted by Crippen LogP contribution is 2.28. The van der Waals surface area contributed by atoms with Crippen LogP contribution >= 0.6 is 35.6 Å². The quantitative estimate of drug-likeness (QED) is 0.609. The van der Waals surface area contributed by atoms with Gasteiger partial charge in [0.1, 0.15) is 23.0 Å². The van der Waals surface area contributed by atoms with Gasteiger partial charge in [0.15, 0.2) is 0 Å². The largest absolute Gasteiger partial charge is 0.460 e. The summed E-state index contributed by atoms with van der Waals surface area (Å²) in [6.07, 6.45) is 5.80. The van der Waals surface area contributed by atoms with E-state index in [1.165, 1.54) is 25.7 Å². The lowest BCUT2D eigenvalue weighted by Crippen LogP contribution is -2.37. The van der Waals surface area contributed by atoms with Crippen LogP contribution in [-0.2, 0) is 16.1 Å². The average Bonchev–Trinajstić information content (AvgIpc) is 2.94. The number of likely N-dealkylation sites (N-methyl/N-ethyl adjacent to an activating group) is 1. The van der Waals surface area contributed by atoms with Crippen LogP contribution in [0.1, 0.15) is 37.7 Å². The Morgan fingerprint density at radius 1 is 1.36 bits per heavy atom. The zero-order valence-corrected chi connectivity index (χ0v) is 14.8. The van der Waals surface area contributed by atoms with Crippen LogP contribution in [0.3, 0.4) is 0 Å². The van der Waals surface area contributed by atoms with Crippen molar-refractivity contribution >= 4 is 41.6 Å². The van der Waals surface area contributed by atoms with Crippen molar-refractivity contribution < 1.29 is 9.53 Å². The molecule has 0 radical (unpaired) electrons. The Labute approximate surface area is 147 Å². The monoisotopic (exact) mass is 366 g/mol. The summed E-state index contributed by atoms with van der Waals surface area (Å²) in [5.74, 6) is 0.397. The fourth-order valence-corrected chi connectivity index (χ4v) is 3.27. The van der Waals surface area contributed by atoms with E-state index in [9.17, 15) is 4.79 Å². The van der Waals surface area contributed by atoms with Crippen molar-refractivity contribution in [3.63, 3.8) is 0 Å². The molecule has 1 aromatic rings. The summed E-state index contributed by atoms with van der Waals surface area (Å²) < 4.78 is 5.35. The van der Waals surface area contributed by atoms with E-state index in [1.54, 1.807) is 19.2 Å². The summed E-state index contributed by atoms with van der Waals surface area (Å²) in [6.45, 7) is 0.156. The van der Waals surface area contributed by atoms with Crippen molar-refractivity contribution in [2.24, 2.45) is 5.92 Å². The van der Waals surface area contributed by atoms with Crippen LogP contribution in [0.2, 0.25) is 10.3 Å². The van der Waals surface area contributed by atoms with Gasteiger partial charge in [-0.3, -0.25) is 4.79 Å². The molecule has 1 N–H and O–H groups in total. The predicted octanol–water partition coefficient (Wildman–Crippen LogP) is 4.02. The topological polar surface area (TPSA) is 51.2 Å². The van der Waals surface area contributed by atoms with Gasteiger partial charge in [0.05, 0.1) is 0 Å². The van der Waals surface area contributed by atoms with E-state index in [0.717, 1.165) is 12.0 Å². The van der Waals surface area contributed by atoms with E-state index in [2.05, 4.69) is 10.3 Å². The molecule has 1 aliphatic carbocycles. The zero-order valence-electron chi connectivity index (χ0n) is 12.5. The molecule has 2 rings (SSSR count). The maximum absolute atomic E-state index is 12.1. The smallest absolute Gasteiger partial charge is 0.323 e. The van der Waals surface area contributed by atoms with E-state index >= 15 is 0 Å². The number of halogens is 3. The molecule has 1 aromatic heterocycles. The molecule has 0 aromatic carbocycles. The fourth-order valence-electron chi connectivity index (χ4n) is 2.76. The Bertz CT molecular complexity index is 473. The first kappa shape index (κ1) is 19.5. The van der Waals surface area contributed by atoms with Crippen LogP contribution in [-0.4, -0.2) is 24.0 Å². The molecule has 1 atom stereocenters. The lowest BCUT2D eigenvalue weighted by molar-refractivity contribution is -0.147. The number of nitrogens with zero attached hydrogens (tertiary/aromatic N) is 1. The molecule has 0 aliphatic heterocycles. The van der Waals surface area contributed by atoms with Gasteiger partial charge in [0.25, 0.3) is 0 Å². The Kier molecular flexibility index (Phi) is 8.47. The molecule has 0 spiro atoms. The normalized spacial score (nSPS) is 16.1. The summed E-state index contributed by atoms with van der Waals surface area (Å²) >= 11 is 11.6. The van der Waals surface area contributed by atoms with Crippen LogP contribution in [0.15, 0.2) is 12.1 Å². The Hall–Kier alpha value is -0.550. The number of ether oxygens (including phenoxy) is 1. The number of carbonyl (C=O) groups is 1. The molecule has 1 fully saturated rings. The zero-order chi connectivity index (χ0) is 15.2. The molecule has 0 amide bonds. The van der Waals surface area contributed by atoms with Gasteiger partial charge in [-0.05, 0) is 37.1 Å². The lowest BCUT2D eigenvalue weighted by atomic mass is 9.98. The van der Waals surface area contributed by atoms with Crippen molar-refractivity contribution in [3.05, 3.63) is 28.0 Å². The van der Waals surface area contributed by atoms with Crippen molar-refractivity contribution in [1.29, 1.82) is 0 Å². The second kappa shape index (κ2) is 9.56. The van der Waals surface area contributed by atoms with E-state index in [4.69, 9.17) is 27.9 Å². The molecule has 1 aliphatic rings. The third kappa shape index (κ3) is 5.92. The van der Waals surface area contributed by atoms with E-state index in [-0.39, 0.29) is 31.0 Å². The Balaban J connectivity index is 0.00000242. The maximum Gasteiger partial charge on any atom is 0.323 e. The molecule has 7 heteroatoms. The van der Waals surface area contributed by atoms with Crippen molar-refractivity contribution in [2.75, 3.05) is 7.05 Å². The first-order valence-electron chi connectivity index (χ1n) is 7.24. The molecule has 1 heterocycles. The van der Waals surface area contributed by atoms with Gasteiger partial charge in [0, 0.05) is 0 Å². The van der Waals surface area contributed by atoms with Gasteiger partial charge in [-0.15, -0.1) is 12.4 Å². The number of rotatable bonds is 6. The summed E-state index contributed by atoms with van der Waals surface area (Å²) in [5.41, 5.74) is 0.740. The number of hydrogen-bond donors (Lipinski definition) is 1. The van der Waals surface area contributed by atoms with Gasteiger partial charge in [-0.2, -0.15) is 0 Å². The van der Waals surface area contributed by atoms with Crippen molar-refractivity contribution in [1.82, 2.24) is 10.3 Å². The SMILES string of the molecule is CN[C@@H](CC1CCCC1)C(=O)OCc1cc(Cl)nc(Cl)c1.Cl.